The van der Waals surface area contributed by atoms with Crippen molar-refractivity contribution in [3.8, 4) is 0 Å². The summed E-state index contributed by atoms with van der Waals surface area (Å²) in [7, 11) is 0. The molecule has 0 fully saturated rings. The smallest absolute Gasteiger partial charge is 0.289 e. The summed E-state index contributed by atoms with van der Waals surface area (Å²) in [5.41, 5.74) is 5.39. The summed E-state index contributed by atoms with van der Waals surface area (Å²) in [6.45, 7) is 2.94. The SMILES string of the molecule is CCN(CCC(N)=S)C(=O)c1ccc(Cl)o1. The summed E-state index contributed by atoms with van der Waals surface area (Å²) in [4.78, 5) is 13.9. The highest BCUT2D eigenvalue weighted by molar-refractivity contribution is 7.80. The molecule has 0 unspecified atom stereocenters. The third-order valence-electron chi connectivity index (χ3n) is 2.08. The number of nitrogens with zero attached hydrogens (tertiary/aromatic N) is 1. The van der Waals surface area contributed by atoms with Crippen LogP contribution in [0, 0.1) is 0 Å². The van der Waals surface area contributed by atoms with E-state index < -0.39 is 0 Å². The number of thiocarbonyl (C=S) groups is 1. The van der Waals surface area contributed by atoms with Gasteiger partial charge in [0.05, 0.1) is 4.99 Å². The van der Waals surface area contributed by atoms with Gasteiger partial charge >= 0.3 is 0 Å². The molecule has 0 atom stereocenters. The third kappa shape index (κ3) is 3.50. The lowest BCUT2D eigenvalue weighted by atomic mass is 10.3. The Hall–Kier alpha value is -1.07. The fourth-order valence-corrected chi connectivity index (χ4v) is 1.47. The molecule has 0 saturated carbocycles. The first-order valence-electron chi connectivity index (χ1n) is 4.87. The minimum absolute atomic E-state index is 0.203. The molecule has 0 aliphatic carbocycles. The fourth-order valence-electron chi connectivity index (χ4n) is 1.23. The average molecular weight is 261 g/mol. The van der Waals surface area contributed by atoms with Gasteiger partial charge in [-0.15, -0.1) is 0 Å². The van der Waals surface area contributed by atoms with E-state index in [-0.39, 0.29) is 16.9 Å². The van der Waals surface area contributed by atoms with Crippen molar-refractivity contribution in [3.63, 3.8) is 0 Å². The third-order valence-corrected chi connectivity index (χ3v) is 2.49. The second kappa shape index (κ2) is 5.86. The number of carbonyl (C=O) groups is 1. The molecule has 6 heteroatoms. The van der Waals surface area contributed by atoms with Crippen molar-refractivity contribution in [2.45, 2.75) is 13.3 Å². The van der Waals surface area contributed by atoms with Crippen molar-refractivity contribution in [1.29, 1.82) is 0 Å². The molecule has 1 aromatic heterocycles. The number of rotatable bonds is 5. The Kier molecular flexibility index (Phi) is 4.76. The van der Waals surface area contributed by atoms with Gasteiger partial charge in [0.2, 0.25) is 0 Å². The molecule has 88 valence electrons. The Morgan fingerprint density at radius 2 is 2.31 bits per heavy atom. The zero-order valence-electron chi connectivity index (χ0n) is 8.90. The lowest BCUT2D eigenvalue weighted by Crippen LogP contribution is -2.33. The van der Waals surface area contributed by atoms with Gasteiger partial charge in [0.25, 0.3) is 5.91 Å². The van der Waals surface area contributed by atoms with Crippen LogP contribution in [-0.2, 0) is 0 Å². The van der Waals surface area contributed by atoms with E-state index in [1.807, 2.05) is 6.92 Å². The van der Waals surface area contributed by atoms with Crippen LogP contribution >= 0.6 is 23.8 Å². The van der Waals surface area contributed by atoms with E-state index in [2.05, 4.69) is 0 Å². The Bertz CT molecular complexity index is 392. The predicted molar refractivity (Wildman–Crippen MR) is 66.7 cm³/mol. The van der Waals surface area contributed by atoms with Crippen molar-refractivity contribution < 1.29 is 9.21 Å². The van der Waals surface area contributed by atoms with Crippen molar-refractivity contribution in [1.82, 2.24) is 4.90 Å². The molecule has 0 radical (unpaired) electrons. The van der Waals surface area contributed by atoms with Crippen molar-refractivity contribution in [2.24, 2.45) is 5.73 Å². The molecular weight excluding hydrogens is 248 g/mol. The number of hydrogen-bond donors (Lipinski definition) is 1. The van der Waals surface area contributed by atoms with Crippen LogP contribution in [0.3, 0.4) is 0 Å². The first-order valence-corrected chi connectivity index (χ1v) is 5.66. The van der Waals surface area contributed by atoms with E-state index in [1.54, 1.807) is 11.0 Å². The van der Waals surface area contributed by atoms with Gasteiger partial charge < -0.3 is 15.1 Å². The molecule has 0 aromatic carbocycles. The minimum atomic E-state index is -0.203. The molecular formula is C10H13ClN2O2S. The normalized spacial score (nSPS) is 10.1. The Balaban J connectivity index is 2.66. The molecule has 0 bridgehead atoms. The number of hydrogen-bond acceptors (Lipinski definition) is 3. The number of furan rings is 1. The van der Waals surface area contributed by atoms with Crippen molar-refractivity contribution in [3.05, 3.63) is 23.1 Å². The molecule has 0 aliphatic heterocycles. The molecule has 0 spiro atoms. The number of nitrogens with two attached hydrogens (primary N) is 1. The van der Waals surface area contributed by atoms with Gasteiger partial charge in [-0.1, -0.05) is 12.2 Å². The van der Waals surface area contributed by atoms with E-state index in [9.17, 15) is 4.79 Å². The van der Waals surface area contributed by atoms with Gasteiger partial charge in [-0.25, -0.2) is 0 Å². The van der Waals surface area contributed by atoms with E-state index in [1.165, 1.54) is 6.07 Å². The maximum Gasteiger partial charge on any atom is 0.289 e. The number of amides is 1. The molecule has 1 amide bonds. The van der Waals surface area contributed by atoms with E-state index in [0.29, 0.717) is 24.5 Å². The molecule has 1 rings (SSSR count). The Labute approximate surface area is 104 Å². The van der Waals surface area contributed by atoms with Gasteiger partial charge in [-0.05, 0) is 30.7 Å². The van der Waals surface area contributed by atoms with Gasteiger partial charge in [-0.3, -0.25) is 4.79 Å². The van der Waals surface area contributed by atoms with Crippen LogP contribution in [0.5, 0.6) is 0 Å². The van der Waals surface area contributed by atoms with E-state index >= 15 is 0 Å². The van der Waals surface area contributed by atoms with Gasteiger partial charge in [-0.2, -0.15) is 0 Å². The highest BCUT2D eigenvalue weighted by Crippen LogP contribution is 2.15. The maximum absolute atomic E-state index is 11.9. The van der Waals surface area contributed by atoms with Crippen LogP contribution in [0.2, 0.25) is 5.22 Å². The molecule has 16 heavy (non-hydrogen) atoms. The van der Waals surface area contributed by atoms with Crippen LogP contribution in [0.4, 0.5) is 0 Å². The maximum atomic E-state index is 11.9. The lowest BCUT2D eigenvalue weighted by Gasteiger charge is -2.18. The van der Waals surface area contributed by atoms with Crippen LogP contribution in [0.25, 0.3) is 0 Å². The molecule has 0 aliphatic rings. The van der Waals surface area contributed by atoms with Crippen LogP contribution < -0.4 is 5.73 Å². The Morgan fingerprint density at radius 3 is 2.75 bits per heavy atom. The molecule has 1 heterocycles. The van der Waals surface area contributed by atoms with E-state index in [4.69, 9.17) is 34.0 Å². The quantitative estimate of drug-likeness (QED) is 0.824. The first kappa shape index (κ1) is 13.0. The summed E-state index contributed by atoms with van der Waals surface area (Å²) >= 11 is 10.4. The number of halogens is 1. The molecule has 0 saturated heterocycles. The minimum Gasteiger partial charge on any atom is -0.440 e. The second-order valence-corrected chi connectivity index (χ2v) is 4.10. The largest absolute Gasteiger partial charge is 0.440 e. The summed E-state index contributed by atoms with van der Waals surface area (Å²) in [5.74, 6) is 0.0282. The molecule has 4 nitrogen and oxygen atoms in total. The Morgan fingerprint density at radius 1 is 1.62 bits per heavy atom. The first-order chi connectivity index (χ1) is 7.54. The average Bonchev–Trinajstić information content (AvgIpc) is 2.65. The summed E-state index contributed by atoms with van der Waals surface area (Å²) in [6, 6.07) is 3.09. The monoisotopic (exact) mass is 260 g/mol. The number of carbonyl (C=O) groups excluding carboxylic acids is 1. The van der Waals surface area contributed by atoms with Crippen LogP contribution in [-0.4, -0.2) is 28.9 Å². The predicted octanol–water partition coefficient (Wildman–Crippen LogP) is 2.07. The summed E-state index contributed by atoms with van der Waals surface area (Å²) < 4.78 is 5.05. The lowest BCUT2D eigenvalue weighted by molar-refractivity contribution is 0.0737. The van der Waals surface area contributed by atoms with Crippen molar-refractivity contribution in [2.75, 3.05) is 13.1 Å². The fraction of sp³-hybridized carbons (Fsp3) is 0.400. The van der Waals surface area contributed by atoms with Gasteiger partial charge in [0.1, 0.15) is 0 Å². The zero-order chi connectivity index (χ0) is 12.1. The highest BCUT2D eigenvalue weighted by atomic mass is 35.5. The topological polar surface area (TPSA) is 59.5 Å². The van der Waals surface area contributed by atoms with E-state index in [0.717, 1.165) is 0 Å². The summed E-state index contributed by atoms with van der Waals surface area (Å²) in [5, 5.41) is 0.203. The van der Waals surface area contributed by atoms with Crippen molar-refractivity contribution >= 4 is 34.7 Å². The zero-order valence-corrected chi connectivity index (χ0v) is 10.5. The summed E-state index contributed by atoms with van der Waals surface area (Å²) in [6.07, 6.45) is 0.503. The second-order valence-electron chi connectivity index (χ2n) is 3.20. The van der Waals surface area contributed by atoms with Crippen LogP contribution in [0.15, 0.2) is 16.5 Å². The van der Waals surface area contributed by atoms with Crippen LogP contribution in [0.1, 0.15) is 23.9 Å². The van der Waals surface area contributed by atoms with Gasteiger partial charge in [0.15, 0.2) is 11.0 Å². The highest BCUT2D eigenvalue weighted by Gasteiger charge is 2.17. The molecule has 1 aromatic rings. The molecule has 2 N–H and O–H groups in total. The van der Waals surface area contributed by atoms with Gasteiger partial charge in [0, 0.05) is 19.5 Å². The standard InChI is InChI=1S/C10H13ClN2O2S/c1-2-13(6-5-9(12)16)10(14)7-3-4-8(11)15-7/h3-4H,2,5-6H2,1H3,(H2,12,16).